The van der Waals surface area contributed by atoms with Gasteiger partial charge in [-0.2, -0.15) is 0 Å². The third-order valence-electron chi connectivity index (χ3n) is 11.7. The van der Waals surface area contributed by atoms with Gasteiger partial charge in [0.25, 0.3) is 0 Å². The van der Waals surface area contributed by atoms with Gasteiger partial charge in [-0.3, -0.25) is 0 Å². The topological polar surface area (TPSA) is 32.8 Å². The van der Waals surface area contributed by atoms with E-state index in [1.165, 1.54) is 33.6 Å². The molecule has 0 saturated carbocycles. The molecule has 2 aromatic heterocycles. The Kier molecular flexibility index (Phi) is 7.70. The fraction of sp³-hybridized carbons (Fsp3) is 0.0741. The first-order valence-electron chi connectivity index (χ1n) is 19.9. The summed E-state index contributed by atoms with van der Waals surface area (Å²) in [5, 5.41) is 8.78. The summed E-state index contributed by atoms with van der Waals surface area (Å²) in [7, 11) is 0. The predicted octanol–water partition coefficient (Wildman–Crippen LogP) is 16.0. The summed E-state index contributed by atoms with van der Waals surface area (Å²) in [5.41, 5.74) is 15.0. The van der Waals surface area contributed by atoms with E-state index in [1.54, 1.807) is 0 Å². The number of aryl methyl sites for hydroxylation is 4. The lowest BCUT2D eigenvalue weighted by atomic mass is 10.0. The number of furan rings is 2. The summed E-state index contributed by atoms with van der Waals surface area (Å²) in [6, 6.07) is 61.1. The molecule has 0 aliphatic heterocycles. The van der Waals surface area contributed by atoms with Crippen molar-refractivity contribution >= 4 is 99.5 Å². The van der Waals surface area contributed by atoms with E-state index in [9.17, 15) is 0 Å². The number of hydrogen-bond donors (Lipinski definition) is 0. The van der Waals surface area contributed by atoms with Crippen LogP contribution in [0.5, 0.6) is 0 Å². The molecule has 0 radical (unpaired) electrons. The molecule has 0 spiro atoms. The first-order valence-corrected chi connectivity index (χ1v) is 19.9. The number of benzene rings is 9. The Bertz CT molecular complexity index is 3400. The largest absolute Gasteiger partial charge is 0.456 e. The third-order valence-corrected chi connectivity index (χ3v) is 11.7. The van der Waals surface area contributed by atoms with Crippen LogP contribution in [0.4, 0.5) is 34.1 Å². The predicted molar refractivity (Wildman–Crippen MR) is 244 cm³/mol. The van der Waals surface area contributed by atoms with Crippen LogP contribution in [0.2, 0.25) is 0 Å². The minimum Gasteiger partial charge on any atom is -0.456 e. The van der Waals surface area contributed by atoms with Gasteiger partial charge in [0.15, 0.2) is 0 Å². The van der Waals surface area contributed by atoms with Crippen molar-refractivity contribution in [2.45, 2.75) is 27.7 Å². The molecule has 0 N–H and O–H groups in total. The van der Waals surface area contributed by atoms with E-state index >= 15 is 0 Å². The lowest BCUT2D eigenvalue weighted by Crippen LogP contribution is -2.11. The maximum Gasteiger partial charge on any atom is 0.147 e. The van der Waals surface area contributed by atoms with Crippen molar-refractivity contribution in [2.75, 3.05) is 9.80 Å². The Hall–Kier alpha value is -7.30. The Balaban J connectivity index is 1.05. The highest BCUT2D eigenvalue weighted by Gasteiger charge is 2.21. The summed E-state index contributed by atoms with van der Waals surface area (Å²) in [6.45, 7) is 8.65. The molecule has 0 unspecified atom stereocenters. The highest BCUT2D eigenvalue weighted by atomic mass is 16.3. The molecule has 0 amide bonds. The number of nitrogens with zero attached hydrogens (tertiary/aromatic N) is 2. The molecule has 11 rings (SSSR count). The van der Waals surface area contributed by atoms with Crippen molar-refractivity contribution in [1.29, 1.82) is 0 Å². The van der Waals surface area contributed by atoms with Crippen LogP contribution in [0.1, 0.15) is 22.3 Å². The van der Waals surface area contributed by atoms with E-state index in [0.29, 0.717) is 0 Å². The van der Waals surface area contributed by atoms with E-state index in [0.717, 1.165) is 88.2 Å². The van der Waals surface area contributed by atoms with Crippen molar-refractivity contribution in [3.8, 4) is 0 Å². The molecule has 0 fully saturated rings. The molecule has 4 nitrogen and oxygen atoms in total. The SMILES string of the molecule is Cc1ccc(C)c(N(c2ccccc2)c2ccc3cc4c(cc3c2)oc2c4ccc3oc4cc5cc(N(c6ccccc6)c6cc(C)ccc6C)ccc5cc4c32)c1. The second-order valence-electron chi connectivity index (χ2n) is 15.7. The molecule has 278 valence electrons. The molecule has 4 heteroatoms. The Morgan fingerprint density at radius 2 is 0.862 bits per heavy atom. The summed E-state index contributed by atoms with van der Waals surface area (Å²) < 4.78 is 13.5. The van der Waals surface area contributed by atoms with Crippen LogP contribution < -0.4 is 9.80 Å². The van der Waals surface area contributed by atoms with Gasteiger partial charge in [0.05, 0.1) is 5.39 Å². The first kappa shape index (κ1) is 34.0. The van der Waals surface area contributed by atoms with Crippen molar-refractivity contribution in [3.05, 3.63) is 192 Å². The lowest BCUT2D eigenvalue weighted by molar-refractivity contribution is 0.663. The average molecular weight is 749 g/mol. The van der Waals surface area contributed by atoms with Crippen LogP contribution in [0.25, 0.3) is 65.4 Å². The van der Waals surface area contributed by atoms with Crippen LogP contribution in [0.15, 0.2) is 179 Å². The van der Waals surface area contributed by atoms with Crippen molar-refractivity contribution in [1.82, 2.24) is 0 Å². The van der Waals surface area contributed by atoms with Crippen LogP contribution in [-0.2, 0) is 0 Å². The summed E-state index contributed by atoms with van der Waals surface area (Å²) in [5.74, 6) is 0. The van der Waals surface area contributed by atoms with Gasteiger partial charge >= 0.3 is 0 Å². The van der Waals surface area contributed by atoms with Gasteiger partial charge in [-0.25, -0.2) is 0 Å². The fourth-order valence-corrected chi connectivity index (χ4v) is 8.76. The molecule has 0 atom stereocenters. The Morgan fingerprint density at radius 3 is 1.41 bits per heavy atom. The van der Waals surface area contributed by atoms with E-state index in [2.05, 4.69) is 207 Å². The fourth-order valence-electron chi connectivity index (χ4n) is 8.76. The van der Waals surface area contributed by atoms with Crippen LogP contribution in [0.3, 0.4) is 0 Å². The van der Waals surface area contributed by atoms with Gasteiger partial charge in [-0.15, -0.1) is 0 Å². The molecular formula is C54H40N2O2. The number of fused-ring (bicyclic) bond motifs is 9. The van der Waals surface area contributed by atoms with E-state index < -0.39 is 0 Å². The van der Waals surface area contributed by atoms with Crippen LogP contribution in [0, 0.1) is 27.7 Å². The quantitative estimate of drug-likeness (QED) is 0.170. The zero-order chi connectivity index (χ0) is 39.1. The molecule has 58 heavy (non-hydrogen) atoms. The lowest BCUT2D eigenvalue weighted by Gasteiger charge is -2.27. The van der Waals surface area contributed by atoms with Gasteiger partial charge in [-0.1, -0.05) is 72.8 Å². The molecule has 9 aromatic carbocycles. The highest BCUT2D eigenvalue weighted by molar-refractivity contribution is 6.24. The number of para-hydroxylation sites is 2. The molecular weight excluding hydrogens is 709 g/mol. The third kappa shape index (κ3) is 5.52. The van der Waals surface area contributed by atoms with Gasteiger partial charge in [0.1, 0.15) is 22.3 Å². The molecule has 2 heterocycles. The van der Waals surface area contributed by atoms with Crippen molar-refractivity contribution in [3.63, 3.8) is 0 Å². The maximum absolute atomic E-state index is 6.85. The van der Waals surface area contributed by atoms with E-state index in [1.807, 2.05) is 0 Å². The average Bonchev–Trinajstić information content (AvgIpc) is 3.79. The Morgan fingerprint density at radius 1 is 0.345 bits per heavy atom. The highest BCUT2D eigenvalue weighted by Crippen LogP contribution is 2.44. The van der Waals surface area contributed by atoms with Crippen molar-refractivity contribution in [2.24, 2.45) is 0 Å². The van der Waals surface area contributed by atoms with Crippen molar-refractivity contribution < 1.29 is 8.83 Å². The molecule has 11 aromatic rings. The number of anilines is 6. The molecule has 0 saturated heterocycles. The molecule has 0 bridgehead atoms. The van der Waals surface area contributed by atoms with Gasteiger partial charge in [-0.05, 0) is 169 Å². The second kappa shape index (κ2) is 13.1. The monoisotopic (exact) mass is 748 g/mol. The summed E-state index contributed by atoms with van der Waals surface area (Å²) in [6.07, 6.45) is 0. The van der Waals surface area contributed by atoms with Crippen LogP contribution in [-0.4, -0.2) is 0 Å². The summed E-state index contributed by atoms with van der Waals surface area (Å²) >= 11 is 0. The summed E-state index contributed by atoms with van der Waals surface area (Å²) in [4.78, 5) is 4.69. The second-order valence-corrected chi connectivity index (χ2v) is 15.7. The maximum atomic E-state index is 6.85. The van der Waals surface area contributed by atoms with Crippen LogP contribution >= 0.6 is 0 Å². The smallest absolute Gasteiger partial charge is 0.147 e. The minimum atomic E-state index is 0.817. The van der Waals surface area contributed by atoms with Gasteiger partial charge in [0, 0.05) is 50.3 Å². The minimum absolute atomic E-state index is 0.817. The molecule has 0 aliphatic rings. The van der Waals surface area contributed by atoms with Gasteiger partial charge < -0.3 is 18.6 Å². The zero-order valence-electron chi connectivity index (χ0n) is 32.9. The number of hydrogen-bond acceptors (Lipinski definition) is 4. The van der Waals surface area contributed by atoms with E-state index in [-0.39, 0.29) is 0 Å². The standard InChI is InChI=1S/C54H40N2O2/c1-33-15-17-35(3)48(25-33)55(41-11-7-5-8-12-41)43-21-19-37-29-46-45-23-24-50-53(54(45)58-51(46)31-39(37)27-43)47-30-38-20-22-44(28-40(38)32-52(47)57-50)56(42-13-9-6-10-14-42)49-26-34(2)16-18-36(49)4/h5-32H,1-4H3. The normalized spacial score (nSPS) is 11.8. The zero-order valence-corrected chi connectivity index (χ0v) is 32.9. The first-order chi connectivity index (χ1) is 28.4. The Labute approximate surface area is 336 Å². The van der Waals surface area contributed by atoms with Gasteiger partial charge in [0.2, 0.25) is 0 Å². The van der Waals surface area contributed by atoms with E-state index in [4.69, 9.17) is 8.83 Å². The number of rotatable bonds is 6. The molecule has 0 aliphatic carbocycles.